The van der Waals surface area contributed by atoms with E-state index in [9.17, 15) is 4.79 Å². The average Bonchev–Trinajstić information content (AvgIpc) is 2.95. The van der Waals surface area contributed by atoms with Gasteiger partial charge in [-0.05, 0) is 42.7 Å². The molecule has 4 heteroatoms. The first kappa shape index (κ1) is 17.1. The first-order valence-electron chi connectivity index (χ1n) is 8.62. The summed E-state index contributed by atoms with van der Waals surface area (Å²) in [5, 5.41) is 4.28. The van der Waals surface area contributed by atoms with Crippen LogP contribution < -0.4 is 10.1 Å². The van der Waals surface area contributed by atoms with Crippen LogP contribution in [0.4, 0.5) is 0 Å². The van der Waals surface area contributed by atoms with Gasteiger partial charge in [-0.15, -0.1) is 0 Å². The fraction of sp³-hybridized carbons (Fsp3) is 0.286. The molecule has 2 aromatic carbocycles. The van der Waals surface area contributed by atoms with E-state index in [0.29, 0.717) is 6.42 Å². The van der Waals surface area contributed by atoms with Crippen molar-refractivity contribution < 1.29 is 9.53 Å². The third-order valence-electron chi connectivity index (χ3n) is 4.63. The molecular weight excluding hydrogens is 312 g/mol. The predicted molar refractivity (Wildman–Crippen MR) is 101 cm³/mol. The molecule has 4 nitrogen and oxygen atoms in total. The lowest BCUT2D eigenvalue weighted by atomic mass is 10.0. The molecule has 0 spiro atoms. The third kappa shape index (κ3) is 3.68. The maximum absolute atomic E-state index is 12.6. The van der Waals surface area contributed by atoms with Gasteiger partial charge in [-0.25, -0.2) is 0 Å². The van der Waals surface area contributed by atoms with E-state index in [1.807, 2.05) is 49.4 Å². The van der Waals surface area contributed by atoms with Crippen LogP contribution in [-0.4, -0.2) is 18.0 Å². The Bertz CT molecular complexity index is 865. The second kappa shape index (κ2) is 7.43. The van der Waals surface area contributed by atoms with Crippen LogP contribution in [0.5, 0.6) is 5.75 Å². The molecule has 0 bridgehead atoms. The van der Waals surface area contributed by atoms with Gasteiger partial charge in [0.25, 0.3) is 0 Å². The summed E-state index contributed by atoms with van der Waals surface area (Å²) < 4.78 is 5.20. The van der Waals surface area contributed by atoms with Crippen molar-refractivity contribution in [2.45, 2.75) is 32.7 Å². The van der Waals surface area contributed by atoms with Crippen molar-refractivity contribution in [2.75, 3.05) is 7.11 Å². The SMILES string of the molecule is CCC(NC(=O)Cc1c(C)[nH]c2ccccc12)c1ccc(OC)cc1. The lowest BCUT2D eigenvalue weighted by Crippen LogP contribution is -2.29. The number of aryl methyl sites for hydroxylation is 1. The Hall–Kier alpha value is -2.75. The number of carbonyl (C=O) groups excluding carboxylic acids is 1. The van der Waals surface area contributed by atoms with Crippen LogP contribution in [0, 0.1) is 6.92 Å². The molecule has 3 aromatic rings. The molecule has 1 unspecified atom stereocenters. The van der Waals surface area contributed by atoms with Crippen molar-refractivity contribution in [1.82, 2.24) is 10.3 Å². The van der Waals surface area contributed by atoms with Crippen LogP contribution in [0.1, 0.15) is 36.2 Å². The summed E-state index contributed by atoms with van der Waals surface area (Å²) in [7, 11) is 1.65. The molecule has 0 aliphatic heterocycles. The topological polar surface area (TPSA) is 54.1 Å². The number of benzene rings is 2. The molecule has 3 rings (SSSR count). The molecule has 0 saturated heterocycles. The summed E-state index contributed by atoms with van der Waals surface area (Å²) in [5.41, 5.74) is 4.28. The molecule has 2 N–H and O–H groups in total. The van der Waals surface area contributed by atoms with Crippen LogP contribution in [0.15, 0.2) is 48.5 Å². The number of aromatic amines is 1. The van der Waals surface area contributed by atoms with Gasteiger partial charge in [0, 0.05) is 16.6 Å². The molecule has 1 atom stereocenters. The fourth-order valence-corrected chi connectivity index (χ4v) is 3.23. The number of para-hydroxylation sites is 1. The summed E-state index contributed by atoms with van der Waals surface area (Å²) >= 11 is 0. The summed E-state index contributed by atoms with van der Waals surface area (Å²) in [6, 6.07) is 16.0. The third-order valence-corrected chi connectivity index (χ3v) is 4.63. The molecule has 0 saturated carbocycles. The molecule has 0 fully saturated rings. The highest BCUT2D eigenvalue weighted by atomic mass is 16.5. The number of hydrogen-bond acceptors (Lipinski definition) is 2. The first-order chi connectivity index (χ1) is 12.1. The number of rotatable bonds is 6. The monoisotopic (exact) mass is 336 g/mol. The number of fused-ring (bicyclic) bond motifs is 1. The van der Waals surface area contributed by atoms with Gasteiger partial charge >= 0.3 is 0 Å². The highest BCUT2D eigenvalue weighted by Gasteiger charge is 2.16. The minimum Gasteiger partial charge on any atom is -0.497 e. The molecule has 1 heterocycles. The van der Waals surface area contributed by atoms with Crippen LogP contribution in [-0.2, 0) is 11.2 Å². The van der Waals surface area contributed by atoms with Crippen molar-refractivity contribution in [2.24, 2.45) is 0 Å². The normalized spacial score (nSPS) is 12.1. The van der Waals surface area contributed by atoms with Crippen LogP contribution >= 0.6 is 0 Å². The van der Waals surface area contributed by atoms with Gasteiger partial charge < -0.3 is 15.0 Å². The van der Waals surface area contributed by atoms with Crippen molar-refractivity contribution in [3.8, 4) is 5.75 Å². The maximum atomic E-state index is 12.6. The number of carbonyl (C=O) groups is 1. The minimum atomic E-state index is 0.00363. The number of nitrogens with one attached hydrogen (secondary N) is 2. The van der Waals surface area contributed by atoms with Gasteiger partial charge in [0.15, 0.2) is 0 Å². The zero-order valence-electron chi connectivity index (χ0n) is 14.9. The number of H-pyrrole nitrogens is 1. The largest absolute Gasteiger partial charge is 0.497 e. The number of methoxy groups -OCH3 is 1. The number of amides is 1. The Labute approximate surface area is 148 Å². The van der Waals surface area contributed by atoms with E-state index in [-0.39, 0.29) is 11.9 Å². The summed E-state index contributed by atoms with van der Waals surface area (Å²) in [6.45, 7) is 4.09. The van der Waals surface area contributed by atoms with E-state index in [4.69, 9.17) is 4.74 Å². The van der Waals surface area contributed by atoms with Crippen molar-refractivity contribution in [3.05, 3.63) is 65.4 Å². The second-order valence-electron chi connectivity index (χ2n) is 6.25. The Morgan fingerprint density at radius 2 is 1.88 bits per heavy atom. The molecular formula is C21H24N2O2. The van der Waals surface area contributed by atoms with Crippen LogP contribution in [0.25, 0.3) is 10.9 Å². The molecule has 1 aromatic heterocycles. The summed E-state index contributed by atoms with van der Waals surface area (Å²) in [5.74, 6) is 0.856. The lowest BCUT2D eigenvalue weighted by molar-refractivity contribution is -0.121. The smallest absolute Gasteiger partial charge is 0.224 e. The van der Waals surface area contributed by atoms with Gasteiger partial charge in [-0.1, -0.05) is 37.3 Å². The van der Waals surface area contributed by atoms with Crippen LogP contribution in [0.2, 0.25) is 0 Å². The quantitative estimate of drug-likeness (QED) is 0.705. The lowest BCUT2D eigenvalue weighted by Gasteiger charge is -2.18. The highest BCUT2D eigenvalue weighted by Crippen LogP contribution is 2.24. The second-order valence-corrected chi connectivity index (χ2v) is 6.25. The van der Waals surface area contributed by atoms with Gasteiger partial charge in [-0.2, -0.15) is 0 Å². The molecule has 130 valence electrons. The Balaban J connectivity index is 1.74. The Morgan fingerprint density at radius 1 is 1.16 bits per heavy atom. The molecule has 25 heavy (non-hydrogen) atoms. The highest BCUT2D eigenvalue weighted by molar-refractivity contribution is 5.90. The zero-order valence-corrected chi connectivity index (χ0v) is 14.9. The standard InChI is InChI=1S/C21H24N2O2/c1-4-19(15-9-11-16(25-3)12-10-15)23-21(24)13-18-14(2)22-20-8-6-5-7-17(18)20/h5-12,19,22H,4,13H2,1-3H3,(H,23,24). The van der Waals surface area contributed by atoms with E-state index in [0.717, 1.165) is 39.9 Å². The Morgan fingerprint density at radius 3 is 2.56 bits per heavy atom. The van der Waals surface area contributed by atoms with E-state index in [1.165, 1.54) is 0 Å². The predicted octanol–water partition coefficient (Wildman–Crippen LogP) is 4.29. The van der Waals surface area contributed by atoms with Gasteiger partial charge in [0.2, 0.25) is 5.91 Å². The fourth-order valence-electron chi connectivity index (χ4n) is 3.23. The van der Waals surface area contributed by atoms with Crippen molar-refractivity contribution in [1.29, 1.82) is 0 Å². The van der Waals surface area contributed by atoms with Crippen LogP contribution in [0.3, 0.4) is 0 Å². The van der Waals surface area contributed by atoms with Crippen molar-refractivity contribution in [3.63, 3.8) is 0 Å². The average molecular weight is 336 g/mol. The minimum absolute atomic E-state index is 0.00363. The van der Waals surface area contributed by atoms with E-state index < -0.39 is 0 Å². The molecule has 0 radical (unpaired) electrons. The molecule has 1 amide bonds. The summed E-state index contributed by atoms with van der Waals surface area (Å²) in [6.07, 6.45) is 1.22. The zero-order chi connectivity index (χ0) is 17.8. The van der Waals surface area contributed by atoms with Gasteiger partial charge in [0.1, 0.15) is 5.75 Å². The number of aromatic nitrogens is 1. The molecule has 0 aliphatic rings. The van der Waals surface area contributed by atoms with E-state index in [2.05, 4.69) is 23.3 Å². The van der Waals surface area contributed by atoms with E-state index >= 15 is 0 Å². The van der Waals surface area contributed by atoms with Gasteiger partial charge in [0.05, 0.1) is 19.6 Å². The number of hydrogen-bond donors (Lipinski definition) is 2. The number of ether oxygens (including phenoxy) is 1. The Kier molecular flexibility index (Phi) is 5.08. The summed E-state index contributed by atoms with van der Waals surface area (Å²) in [4.78, 5) is 16.0. The van der Waals surface area contributed by atoms with Crippen molar-refractivity contribution >= 4 is 16.8 Å². The first-order valence-corrected chi connectivity index (χ1v) is 8.62. The maximum Gasteiger partial charge on any atom is 0.224 e. The molecule has 0 aliphatic carbocycles. The van der Waals surface area contributed by atoms with Gasteiger partial charge in [-0.3, -0.25) is 4.79 Å². The van der Waals surface area contributed by atoms with E-state index in [1.54, 1.807) is 7.11 Å².